The van der Waals surface area contributed by atoms with E-state index in [-0.39, 0.29) is 32.9 Å². The Morgan fingerprint density at radius 3 is 2.41 bits per heavy atom. The summed E-state index contributed by atoms with van der Waals surface area (Å²) in [7, 11) is -3.57. The lowest BCUT2D eigenvalue weighted by molar-refractivity contribution is 0.102. The molecule has 1 amide bonds. The standard InChI is InChI=1S/C24H21ClF3N7O3S/c1-11-16(8-30-24(32-11)39(4,37)38)13(3)35-10-14(7-31-35)33-23(36)21-12(2)29-9-18(34-21)19-15(22(27)28)5-6-17(25)20(19)26/h5-10,13,22H,1-4H3,(H,33,36)/t13-/m0/s1. The summed E-state index contributed by atoms with van der Waals surface area (Å²) in [5.74, 6) is -1.83. The number of rotatable bonds is 7. The molecule has 0 aliphatic carbocycles. The van der Waals surface area contributed by atoms with Crippen molar-refractivity contribution in [2.45, 2.75) is 38.4 Å². The lowest BCUT2D eigenvalue weighted by Gasteiger charge is -2.14. The number of nitrogens with one attached hydrogen (secondary N) is 1. The molecule has 1 aromatic carbocycles. The summed E-state index contributed by atoms with van der Waals surface area (Å²) in [5, 5.41) is 6.17. The van der Waals surface area contributed by atoms with Gasteiger partial charge in [0.25, 0.3) is 12.3 Å². The van der Waals surface area contributed by atoms with Gasteiger partial charge in [0.05, 0.1) is 40.5 Å². The third kappa shape index (κ3) is 5.76. The number of anilines is 1. The smallest absolute Gasteiger partial charge is 0.276 e. The van der Waals surface area contributed by atoms with Gasteiger partial charge in [0.15, 0.2) is 5.82 Å². The number of halogens is 4. The highest BCUT2D eigenvalue weighted by molar-refractivity contribution is 7.90. The van der Waals surface area contributed by atoms with Crippen LogP contribution in [0, 0.1) is 19.7 Å². The molecule has 4 aromatic rings. The Kier molecular flexibility index (Phi) is 7.70. The maximum absolute atomic E-state index is 14.7. The minimum Gasteiger partial charge on any atom is -0.318 e. The van der Waals surface area contributed by atoms with Crippen LogP contribution in [-0.2, 0) is 9.84 Å². The number of hydrogen-bond donors (Lipinski definition) is 1. The topological polar surface area (TPSA) is 133 Å². The van der Waals surface area contributed by atoms with Gasteiger partial charge in [-0.1, -0.05) is 17.7 Å². The van der Waals surface area contributed by atoms with Crippen LogP contribution >= 0.6 is 11.6 Å². The molecular weight excluding hydrogens is 559 g/mol. The van der Waals surface area contributed by atoms with Gasteiger partial charge in [0, 0.05) is 41.0 Å². The SMILES string of the molecule is Cc1nc(S(C)(=O)=O)ncc1[C@H](C)n1cc(NC(=O)c2nc(-c3c(C(F)F)ccc(Cl)c3F)cnc2C)cn1. The minimum absolute atomic E-state index is 0.178. The number of carbonyl (C=O) groups excluding carboxylic acids is 1. The molecule has 0 bridgehead atoms. The molecule has 3 heterocycles. The fourth-order valence-corrected chi connectivity index (χ4v) is 4.49. The number of aryl methyl sites for hydroxylation is 2. The molecule has 0 fully saturated rings. The predicted octanol–water partition coefficient (Wildman–Crippen LogP) is 4.74. The van der Waals surface area contributed by atoms with Crippen molar-refractivity contribution in [1.82, 2.24) is 29.7 Å². The molecule has 3 aromatic heterocycles. The lowest BCUT2D eigenvalue weighted by atomic mass is 10.0. The third-order valence-corrected chi connectivity index (χ3v) is 6.97. The highest BCUT2D eigenvalue weighted by atomic mass is 35.5. The summed E-state index contributed by atoms with van der Waals surface area (Å²) in [6, 6.07) is 1.58. The van der Waals surface area contributed by atoms with Gasteiger partial charge in [-0.25, -0.2) is 36.5 Å². The van der Waals surface area contributed by atoms with E-state index in [2.05, 4.69) is 30.4 Å². The summed E-state index contributed by atoms with van der Waals surface area (Å²) in [5.41, 5.74) is -0.175. The second kappa shape index (κ2) is 10.7. The van der Waals surface area contributed by atoms with Crippen LogP contribution in [0.3, 0.4) is 0 Å². The summed E-state index contributed by atoms with van der Waals surface area (Å²) < 4.78 is 66.8. The van der Waals surface area contributed by atoms with E-state index in [9.17, 15) is 26.4 Å². The van der Waals surface area contributed by atoms with E-state index in [1.807, 2.05) is 0 Å². The highest BCUT2D eigenvalue weighted by Gasteiger charge is 2.24. The Balaban J connectivity index is 1.60. The molecular formula is C24H21ClF3N7O3S. The average Bonchev–Trinajstić information content (AvgIpc) is 3.33. The van der Waals surface area contributed by atoms with Gasteiger partial charge in [-0.3, -0.25) is 14.5 Å². The minimum atomic E-state index is -3.57. The summed E-state index contributed by atoms with van der Waals surface area (Å²) in [6.45, 7) is 4.91. The van der Waals surface area contributed by atoms with Gasteiger partial charge in [-0.2, -0.15) is 5.10 Å². The van der Waals surface area contributed by atoms with Gasteiger partial charge in [-0.05, 0) is 26.8 Å². The molecule has 204 valence electrons. The molecule has 0 aliphatic heterocycles. The normalized spacial score (nSPS) is 12.5. The predicted molar refractivity (Wildman–Crippen MR) is 136 cm³/mol. The van der Waals surface area contributed by atoms with Crippen LogP contribution in [0.4, 0.5) is 18.9 Å². The van der Waals surface area contributed by atoms with Gasteiger partial charge in [0.2, 0.25) is 15.0 Å². The quantitative estimate of drug-likeness (QED) is 0.310. The molecule has 0 aliphatic rings. The van der Waals surface area contributed by atoms with Gasteiger partial charge >= 0.3 is 0 Å². The first-order chi connectivity index (χ1) is 18.3. The molecule has 39 heavy (non-hydrogen) atoms. The first-order valence-electron chi connectivity index (χ1n) is 11.3. The third-order valence-electron chi connectivity index (χ3n) is 5.82. The Morgan fingerprint density at radius 2 is 1.77 bits per heavy atom. The zero-order valence-corrected chi connectivity index (χ0v) is 22.5. The van der Waals surface area contributed by atoms with Crippen LogP contribution < -0.4 is 5.32 Å². The Bertz CT molecular complexity index is 1700. The lowest BCUT2D eigenvalue weighted by Crippen LogP contribution is -2.17. The van der Waals surface area contributed by atoms with Crippen LogP contribution in [-0.4, -0.2) is 50.3 Å². The van der Waals surface area contributed by atoms with Crippen LogP contribution in [0.1, 0.15) is 52.4 Å². The monoisotopic (exact) mass is 579 g/mol. The van der Waals surface area contributed by atoms with Crippen LogP contribution in [0.5, 0.6) is 0 Å². The number of amides is 1. The summed E-state index contributed by atoms with van der Waals surface area (Å²) in [6.07, 6.45) is 3.37. The Morgan fingerprint density at radius 1 is 1.05 bits per heavy atom. The number of sulfone groups is 1. The molecule has 0 saturated carbocycles. The summed E-state index contributed by atoms with van der Waals surface area (Å²) in [4.78, 5) is 29.1. The van der Waals surface area contributed by atoms with E-state index in [1.165, 1.54) is 30.2 Å². The fraction of sp³-hybridized carbons (Fsp3) is 0.250. The Labute approximate surface area is 226 Å². The van der Waals surface area contributed by atoms with Crippen molar-refractivity contribution >= 4 is 33.0 Å². The molecule has 15 heteroatoms. The van der Waals surface area contributed by atoms with Crippen molar-refractivity contribution in [3.05, 3.63) is 76.0 Å². The van der Waals surface area contributed by atoms with Crippen molar-refractivity contribution in [2.24, 2.45) is 0 Å². The van der Waals surface area contributed by atoms with Gasteiger partial charge in [0.1, 0.15) is 5.69 Å². The second-order valence-electron chi connectivity index (χ2n) is 8.62. The number of alkyl halides is 2. The van der Waals surface area contributed by atoms with Gasteiger partial charge < -0.3 is 5.32 Å². The maximum atomic E-state index is 14.7. The number of aromatic nitrogens is 6. The first-order valence-corrected chi connectivity index (χ1v) is 13.5. The number of carbonyl (C=O) groups is 1. The van der Waals surface area contributed by atoms with Crippen molar-refractivity contribution in [3.8, 4) is 11.3 Å². The molecule has 4 rings (SSSR count). The molecule has 0 unspecified atom stereocenters. The van der Waals surface area contributed by atoms with E-state index in [1.54, 1.807) is 13.8 Å². The Hall–Kier alpha value is -3.91. The van der Waals surface area contributed by atoms with Crippen LogP contribution in [0.2, 0.25) is 5.02 Å². The van der Waals surface area contributed by atoms with Crippen LogP contribution in [0.25, 0.3) is 11.3 Å². The van der Waals surface area contributed by atoms with E-state index < -0.39 is 45.2 Å². The molecule has 1 atom stereocenters. The molecule has 1 N–H and O–H groups in total. The number of nitrogens with zero attached hydrogens (tertiary/aromatic N) is 6. The number of hydrogen-bond acceptors (Lipinski definition) is 8. The van der Waals surface area contributed by atoms with Crippen molar-refractivity contribution in [3.63, 3.8) is 0 Å². The van der Waals surface area contributed by atoms with E-state index >= 15 is 0 Å². The van der Waals surface area contributed by atoms with Crippen molar-refractivity contribution < 1.29 is 26.4 Å². The molecule has 0 saturated heterocycles. The van der Waals surface area contributed by atoms with Crippen molar-refractivity contribution in [1.29, 1.82) is 0 Å². The van der Waals surface area contributed by atoms with E-state index in [4.69, 9.17) is 11.6 Å². The largest absolute Gasteiger partial charge is 0.318 e. The zero-order chi connectivity index (χ0) is 28.6. The second-order valence-corrected chi connectivity index (χ2v) is 10.9. The first kappa shape index (κ1) is 28.1. The number of benzene rings is 1. The molecule has 10 nitrogen and oxygen atoms in total. The molecule has 0 spiro atoms. The van der Waals surface area contributed by atoms with E-state index in [0.29, 0.717) is 11.3 Å². The fourth-order valence-electron chi connectivity index (χ4n) is 3.78. The summed E-state index contributed by atoms with van der Waals surface area (Å²) >= 11 is 5.80. The van der Waals surface area contributed by atoms with Crippen LogP contribution in [0.15, 0.2) is 42.1 Å². The zero-order valence-electron chi connectivity index (χ0n) is 20.9. The average molecular weight is 580 g/mol. The van der Waals surface area contributed by atoms with E-state index in [0.717, 1.165) is 24.6 Å². The van der Waals surface area contributed by atoms with Crippen molar-refractivity contribution in [2.75, 3.05) is 11.6 Å². The highest BCUT2D eigenvalue weighted by Crippen LogP contribution is 2.35. The maximum Gasteiger partial charge on any atom is 0.276 e. The molecule has 0 radical (unpaired) electrons. The van der Waals surface area contributed by atoms with Gasteiger partial charge in [-0.15, -0.1) is 0 Å².